The molecule has 0 bridgehead atoms. The average Bonchev–Trinajstić information content (AvgIpc) is 2.64. The SMILES string of the molecule is Cc1ccc(S[C@H](C)C(=O)N2CCN(c3ccc(F)cc3)CC2)cc1. The van der Waals surface area contributed by atoms with Crippen molar-refractivity contribution in [1.29, 1.82) is 0 Å². The molecule has 0 aromatic heterocycles. The van der Waals surface area contributed by atoms with E-state index in [1.165, 1.54) is 17.7 Å². The summed E-state index contributed by atoms with van der Waals surface area (Å²) in [5, 5.41) is -0.0972. The van der Waals surface area contributed by atoms with Gasteiger partial charge in [0.1, 0.15) is 5.82 Å². The van der Waals surface area contributed by atoms with Crippen LogP contribution in [0.5, 0.6) is 0 Å². The van der Waals surface area contributed by atoms with Gasteiger partial charge in [0.15, 0.2) is 0 Å². The number of amides is 1. The maximum absolute atomic E-state index is 13.0. The molecule has 0 N–H and O–H groups in total. The summed E-state index contributed by atoms with van der Waals surface area (Å²) in [5.74, 6) is -0.0381. The van der Waals surface area contributed by atoms with E-state index in [1.54, 1.807) is 23.9 Å². The number of carbonyl (C=O) groups is 1. The number of rotatable bonds is 4. The van der Waals surface area contributed by atoms with Gasteiger partial charge in [-0.1, -0.05) is 17.7 Å². The third kappa shape index (κ3) is 4.54. The van der Waals surface area contributed by atoms with Crippen molar-refractivity contribution in [3.05, 3.63) is 59.9 Å². The van der Waals surface area contributed by atoms with E-state index in [9.17, 15) is 9.18 Å². The first-order valence-electron chi connectivity index (χ1n) is 8.55. The van der Waals surface area contributed by atoms with Gasteiger partial charge in [-0.2, -0.15) is 0 Å². The zero-order valence-corrected chi connectivity index (χ0v) is 15.4. The van der Waals surface area contributed by atoms with Gasteiger partial charge in [-0.15, -0.1) is 11.8 Å². The zero-order chi connectivity index (χ0) is 17.8. The van der Waals surface area contributed by atoms with Gasteiger partial charge in [0, 0.05) is 36.8 Å². The smallest absolute Gasteiger partial charge is 0.235 e. The van der Waals surface area contributed by atoms with Crippen molar-refractivity contribution in [2.75, 3.05) is 31.1 Å². The van der Waals surface area contributed by atoms with Crippen LogP contribution in [-0.2, 0) is 4.79 Å². The monoisotopic (exact) mass is 358 g/mol. The van der Waals surface area contributed by atoms with Crippen molar-refractivity contribution in [2.24, 2.45) is 0 Å². The standard InChI is InChI=1S/C20H23FN2OS/c1-15-3-9-19(10-4-15)25-16(2)20(24)23-13-11-22(12-14-23)18-7-5-17(21)6-8-18/h3-10,16H,11-14H2,1-2H3/t16-/m1/s1. The number of thioether (sulfide) groups is 1. The van der Waals surface area contributed by atoms with Gasteiger partial charge < -0.3 is 9.80 Å². The first-order valence-corrected chi connectivity index (χ1v) is 9.43. The minimum absolute atomic E-state index is 0.0972. The van der Waals surface area contributed by atoms with Gasteiger partial charge >= 0.3 is 0 Å². The Bertz CT molecular complexity index is 709. The molecule has 3 nitrogen and oxygen atoms in total. The second-order valence-electron chi connectivity index (χ2n) is 6.36. The molecule has 1 fully saturated rings. The molecule has 0 aliphatic carbocycles. The Kier molecular flexibility index (Phi) is 5.63. The Hall–Kier alpha value is -2.01. The summed E-state index contributed by atoms with van der Waals surface area (Å²) in [6.45, 7) is 6.99. The maximum atomic E-state index is 13.0. The van der Waals surface area contributed by atoms with Crippen molar-refractivity contribution in [3.8, 4) is 0 Å². The molecule has 1 amide bonds. The third-order valence-electron chi connectivity index (χ3n) is 4.46. The van der Waals surface area contributed by atoms with E-state index in [1.807, 2.05) is 11.8 Å². The van der Waals surface area contributed by atoms with Crippen LogP contribution in [0.15, 0.2) is 53.4 Å². The lowest BCUT2D eigenvalue weighted by Gasteiger charge is -2.37. The first kappa shape index (κ1) is 17.8. The highest BCUT2D eigenvalue weighted by atomic mass is 32.2. The molecule has 2 aromatic carbocycles. The van der Waals surface area contributed by atoms with E-state index < -0.39 is 0 Å². The van der Waals surface area contributed by atoms with Crippen LogP contribution in [0, 0.1) is 12.7 Å². The number of aryl methyl sites for hydroxylation is 1. The number of nitrogens with zero attached hydrogens (tertiary/aromatic N) is 2. The number of anilines is 1. The summed E-state index contributed by atoms with van der Waals surface area (Å²) >= 11 is 1.61. The molecule has 0 saturated carbocycles. The summed E-state index contributed by atoms with van der Waals surface area (Å²) in [6, 6.07) is 14.8. The van der Waals surface area contributed by atoms with E-state index in [4.69, 9.17) is 0 Å². The molecular formula is C20H23FN2OS. The Morgan fingerprint density at radius 2 is 1.60 bits per heavy atom. The molecule has 1 saturated heterocycles. The average molecular weight is 358 g/mol. The fraction of sp³-hybridized carbons (Fsp3) is 0.350. The maximum Gasteiger partial charge on any atom is 0.235 e. The highest BCUT2D eigenvalue weighted by molar-refractivity contribution is 8.00. The molecule has 2 aromatic rings. The normalized spacial score (nSPS) is 16.0. The fourth-order valence-corrected chi connectivity index (χ4v) is 3.92. The number of piperazine rings is 1. The second kappa shape index (κ2) is 7.91. The van der Waals surface area contributed by atoms with Crippen molar-refractivity contribution in [2.45, 2.75) is 24.0 Å². The summed E-state index contributed by atoms with van der Waals surface area (Å²) in [4.78, 5) is 17.9. The van der Waals surface area contributed by atoms with Crippen LogP contribution in [0.1, 0.15) is 12.5 Å². The molecule has 1 aliphatic rings. The van der Waals surface area contributed by atoms with Crippen LogP contribution in [0.4, 0.5) is 10.1 Å². The molecular weight excluding hydrogens is 335 g/mol. The molecule has 0 radical (unpaired) electrons. The minimum Gasteiger partial charge on any atom is -0.368 e. The quantitative estimate of drug-likeness (QED) is 0.773. The number of benzene rings is 2. The Morgan fingerprint density at radius 1 is 1.00 bits per heavy atom. The number of carbonyl (C=O) groups excluding carboxylic acids is 1. The van der Waals surface area contributed by atoms with Gasteiger partial charge in [-0.3, -0.25) is 4.79 Å². The summed E-state index contributed by atoms with van der Waals surface area (Å²) in [7, 11) is 0. The molecule has 0 spiro atoms. The van der Waals surface area contributed by atoms with E-state index >= 15 is 0 Å². The number of halogens is 1. The molecule has 5 heteroatoms. The van der Waals surface area contributed by atoms with Gasteiger partial charge in [0.05, 0.1) is 5.25 Å². The molecule has 132 valence electrons. The highest BCUT2D eigenvalue weighted by Crippen LogP contribution is 2.25. The minimum atomic E-state index is -0.223. The Labute approximate surface area is 152 Å². The second-order valence-corrected chi connectivity index (χ2v) is 7.78. The number of hydrogen-bond acceptors (Lipinski definition) is 3. The summed E-state index contributed by atoms with van der Waals surface area (Å²) < 4.78 is 13.0. The number of hydrogen-bond donors (Lipinski definition) is 0. The molecule has 25 heavy (non-hydrogen) atoms. The van der Waals surface area contributed by atoms with Gasteiger partial charge in [-0.25, -0.2) is 4.39 Å². The molecule has 0 unspecified atom stereocenters. The predicted molar refractivity (Wildman–Crippen MR) is 102 cm³/mol. The Balaban J connectivity index is 1.53. The van der Waals surface area contributed by atoms with Crippen molar-refractivity contribution in [3.63, 3.8) is 0 Å². The summed E-state index contributed by atoms with van der Waals surface area (Å²) in [6.07, 6.45) is 0. The van der Waals surface area contributed by atoms with Gasteiger partial charge in [0.25, 0.3) is 0 Å². The van der Waals surface area contributed by atoms with E-state index in [2.05, 4.69) is 36.1 Å². The third-order valence-corrected chi connectivity index (χ3v) is 5.56. The summed E-state index contributed by atoms with van der Waals surface area (Å²) in [5.41, 5.74) is 2.23. The first-order chi connectivity index (χ1) is 12.0. The van der Waals surface area contributed by atoms with Crippen LogP contribution < -0.4 is 4.90 Å². The Morgan fingerprint density at radius 3 is 2.20 bits per heavy atom. The lowest BCUT2D eigenvalue weighted by molar-refractivity contribution is -0.130. The van der Waals surface area contributed by atoms with Crippen LogP contribution in [0.3, 0.4) is 0 Å². The van der Waals surface area contributed by atoms with Crippen molar-refractivity contribution < 1.29 is 9.18 Å². The van der Waals surface area contributed by atoms with Gasteiger partial charge in [-0.05, 0) is 50.2 Å². The molecule has 1 heterocycles. The zero-order valence-electron chi connectivity index (χ0n) is 14.6. The fourth-order valence-electron chi connectivity index (χ4n) is 2.97. The van der Waals surface area contributed by atoms with Crippen LogP contribution in [0.25, 0.3) is 0 Å². The largest absolute Gasteiger partial charge is 0.368 e. The van der Waals surface area contributed by atoms with E-state index in [0.29, 0.717) is 13.1 Å². The molecule has 1 atom stereocenters. The van der Waals surface area contributed by atoms with E-state index in [0.717, 1.165) is 23.7 Å². The topological polar surface area (TPSA) is 23.6 Å². The molecule has 3 rings (SSSR count). The predicted octanol–water partition coefficient (Wildman–Crippen LogP) is 3.96. The van der Waals surface area contributed by atoms with Gasteiger partial charge in [0.2, 0.25) is 5.91 Å². The van der Waals surface area contributed by atoms with E-state index in [-0.39, 0.29) is 17.0 Å². The van der Waals surface area contributed by atoms with Crippen LogP contribution in [0.2, 0.25) is 0 Å². The lowest BCUT2D eigenvalue weighted by Crippen LogP contribution is -2.50. The molecule has 1 aliphatic heterocycles. The lowest BCUT2D eigenvalue weighted by atomic mass is 10.2. The van der Waals surface area contributed by atoms with Crippen LogP contribution in [-0.4, -0.2) is 42.2 Å². The van der Waals surface area contributed by atoms with Crippen molar-refractivity contribution >= 4 is 23.4 Å². The van der Waals surface area contributed by atoms with Crippen molar-refractivity contribution in [1.82, 2.24) is 4.90 Å². The highest BCUT2D eigenvalue weighted by Gasteiger charge is 2.25. The van der Waals surface area contributed by atoms with Crippen LogP contribution >= 0.6 is 11.8 Å².